The number of hydrogen-bond donors (Lipinski definition) is 2. The summed E-state index contributed by atoms with van der Waals surface area (Å²) in [4.78, 5) is 0. The first-order valence-corrected chi connectivity index (χ1v) is 3.95. The smallest absolute Gasteiger partial charge is 0.0930 e. The molecule has 0 unspecified atom stereocenters. The predicted molar refractivity (Wildman–Crippen MR) is 53.1 cm³/mol. The predicted octanol–water partition coefficient (Wildman–Crippen LogP) is 2.49. The molecule has 1 aromatic rings. The summed E-state index contributed by atoms with van der Waals surface area (Å²) >= 11 is 5.79. The fourth-order valence-corrected chi connectivity index (χ4v) is 1.07. The van der Waals surface area contributed by atoms with Crippen molar-refractivity contribution in [2.75, 3.05) is 5.32 Å². The van der Waals surface area contributed by atoms with Crippen molar-refractivity contribution in [3.8, 4) is 0 Å². The molecule has 0 saturated heterocycles. The molecule has 0 heterocycles. The molecule has 1 rings (SSSR count). The van der Waals surface area contributed by atoms with Crippen molar-refractivity contribution in [1.29, 1.82) is 0 Å². The highest BCUT2D eigenvalue weighted by Crippen LogP contribution is 2.20. The topological polar surface area (TPSA) is 38.0 Å². The van der Waals surface area contributed by atoms with Gasteiger partial charge in [0.05, 0.1) is 5.82 Å². The lowest BCUT2D eigenvalue weighted by Gasteiger charge is -2.08. The molecule has 0 saturated carbocycles. The Kier molecular flexibility index (Phi) is 2.61. The molecule has 3 heteroatoms. The average molecular weight is 183 g/mol. The van der Waals surface area contributed by atoms with Crippen molar-refractivity contribution >= 4 is 17.3 Å². The largest absolute Gasteiger partial charge is 0.386 e. The summed E-state index contributed by atoms with van der Waals surface area (Å²) in [6.07, 6.45) is 0. The maximum absolute atomic E-state index is 5.79. The van der Waals surface area contributed by atoms with Gasteiger partial charge >= 0.3 is 0 Å². The van der Waals surface area contributed by atoms with E-state index >= 15 is 0 Å². The minimum Gasteiger partial charge on any atom is -0.386 e. The maximum Gasteiger partial charge on any atom is 0.0930 e. The summed E-state index contributed by atoms with van der Waals surface area (Å²) in [6.45, 7) is 5.52. The Labute approximate surface area is 77.0 Å². The van der Waals surface area contributed by atoms with Gasteiger partial charge in [-0.1, -0.05) is 24.2 Å². The Morgan fingerprint density at radius 3 is 2.83 bits per heavy atom. The Hall–Kier alpha value is -1.15. The minimum absolute atomic E-state index is 0.417. The van der Waals surface area contributed by atoms with Gasteiger partial charge in [-0.2, -0.15) is 0 Å². The summed E-state index contributed by atoms with van der Waals surface area (Å²) in [5.41, 5.74) is 7.38. The Morgan fingerprint density at radius 2 is 2.25 bits per heavy atom. The van der Waals surface area contributed by atoms with Crippen LogP contribution in [0.15, 0.2) is 30.6 Å². The molecule has 0 amide bonds. The van der Waals surface area contributed by atoms with Crippen molar-refractivity contribution in [1.82, 2.24) is 0 Å². The first-order valence-electron chi connectivity index (χ1n) is 3.57. The third kappa shape index (κ3) is 2.17. The van der Waals surface area contributed by atoms with E-state index in [1.807, 2.05) is 25.1 Å². The molecule has 12 heavy (non-hydrogen) atoms. The van der Waals surface area contributed by atoms with Gasteiger partial charge in [0, 0.05) is 10.7 Å². The van der Waals surface area contributed by atoms with Crippen LogP contribution in [-0.2, 0) is 0 Å². The number of nitrogens with two attached hydrogens (primary N) is 1. The van der Waals surface area contributed by atoms with Gasteiger partial charge in [-0.25, -0.2) is 0 Å². The van der Waals surface area contributed by atoms with Crippen LogP contribution in [0.3, 0.4) is 0 Å². The molecule has 1 aromatic carbocycles. The van der Waals surface area contributed by atoms with Gasteiger partial charge in [0.2, 0.25) is 0 Å². The van der Waals surface area contributed by atoms with E-state index in [4.69, 9.17) is 17.3 Å². The second-order valence-electron chi connectivity index (χ2n) is 2.61. The number of anilines is 1. The molecular weight excluding hydrogens is 172 g/mol. The van der Waals surface area contributed by atoms with E-state index in [9.17, 15) is 0 Å². The van der Waals surface area contributed by atoms with Crippen molar-refractivity contribution in [2.45, 2.75) is 6.92 Å². The molecule has 0 aliphatic rings. The van der Waals surface area contributed by atoms with Crippen molar-refractivity contribution < 1.29 is 0 Å². The van der Waals surface area contributed by atoms with Crippen molar-refractivity contribution in [2.24, 2.45) is 5.73 Å². The molecule has 2 nitrogen and oxygen atoms in total. The van der Waals surface area contributed by atoms with E-state index < -0.39 is 0 Å². The van der Waals surface area contributed by atoms with Crippen LogP contribution in [0.4, 0.5) is 5.69 Å². The molecule has 0 aliphatic carbocycles. The van der Waals surface area contributed by atoms with E-state index in [0.29, 0.717) is 10.8 Å². The molecule has 0 bridgehead atoms. The van der Waals surface area contributed by atoms with Gasteiger partial charge in [-0.05, 0) is 24.6 Å². The lowest BCUT2D eigenvalue weighted by atomic mass is 10.2. The Morgan fingerprint density at radius 1 is 1.58 bits per heavy atom. The Bertz CT molecular complexity index is 307. The monoisotopic (exact) mass is 182 g/mol. The lowest BCUT2D eigenvalue weighted by Crippen LogP contribution is -2.07. The third-order valence-corrected chi connectivity index (χ3v) is 1.73. The maximum atomic E-state index is 5.79. The first kappa shape index (κ1) is 8.94. The van der Waals surface area contributed by atoms with Gasteiger partial charge in [0.25, 0.3) is 0 Å². The quantitative estimate of drug-likeness (QED) is 0.738. The molecular formula is C9H11ClN2. The van der Waals surface area contributed by atoms with Crippen LogP contribution in [-0.4, -0.2) is 0 Å². The normalized spacial score (nSPS) is 9.50. The average Bonchev–Trinajstić information content (AvgIpc) is 1.96. The summed E-state index contributed by atoms with van der Waals surface area (Å²) in [5.74, 6) is 0.417. The number of halogens is 1. The van der Waals surface area contributed by atoms with Crippen LogP contribution < -0.4 is 11.1 Å². The molecule has 0 radical (unpaired) electrons. The van der Waals surface area contributed by atoms with Crippen LogP contribution in [0.25, 0.3) is 0 Å². The van der Waals surface area contributed by atoms with Crippen LogP contribution in [0.5, 0.6) is 0 Å². The zero-order chi connectivity index (χ0) is 9.14. The summed E-state index contributed by atoms with van der Waals surface area (Å²) in [6, 6.07) is 5.57. The third-order valence-electron chi connectivity index (χ3n) is 1.49. The van der Waals surface area contributed by atoms with Gasteiger partial charge in [0.1, 0.15) is 0 Å². The highest BCUT2D eigenvalue weighted by Gasteiger charge is 1.97. The first-order chi connectivity index (χ1) is 5.59. The zero-order valence-corrected chi connectivity index (χ0v) is 7.65. The lowest BCUT2D eigenvalue weighted by molar-refractivity contribution is 1.30. The zero-order valence-electron chi connectivity index (χ0n) is 6.89. The molecule has 0 fully saturated rings. The molecule has 0 atom stereocenters. The van der Waals surface area contributed by atoms with Gasteiger partial charge in [0.15, 0.2) is 0 Å². The molecule has 0 aromatic heterocycles. The number of nitrogens with one attached hydrogen (secondary N) is 1. The summed E-state index contributed by atoms with van der Waals surface area (Å²) in [5, 5.41) is 3.60. The van der Waals surface area contributed by atoms with Crippen LogP contribution >= 0.6 is 11.6 Å². The van der Waals surface area contributed by atoms with E-state index in [1.165, 1.54) is 0 Å². The van der Waals surface area contributed by atoms with Crippen molar-refractivity contribution in [3.63, 3.8) is 0 Å². The summed E-state index contributed by atoms with van der Waals surface area (Å²) in [7, 11) is 0. The highest BCUT2D eigenvalue weighted by atomic mass is 35.5. The summed E-state index contributed by atoms with van der Waals surface area (Å²) < 4.78 is 0. The minimum atomic E-state index is 0.417. The van der Waals surface area contributed by atoms with Crippen LogP contribution in [0.1, 0.15) is 5.56 Å². The van der Waals surface area contributed by atoms with E-state index in [0.717, 1.165) is 11.3 Å². The van der Waals surface area contributed by atoms with Crippen LogP contribution in [0.2, 0.25) is 5.02 Å². The van der Waals surface area contributed by atoms with Gasteiger partial charge < -0.3 is 11.1 Å². The number of rotatable bonds is 2. The standard InChI is InChI=1S/C9H11ClN2/c1-6-3-4-8(10)5-9(6)12-7(2)11/h3-5,12H,2,11H2,1H3. The molecule has 3 N–H and O–H groups in total. The van der Waals surface area contributed by atoms with E-state index in [-0.39, 0.29) is 0 Å². The Balaban J connectivity index is 2.97. The second-order valence-corrected chi connectivity index (χ2v) is 3.05. The molecule has 0 spiro atoms. The highest BCUT2D eigenvalue weighted by molar-refractivity contribution is 6.30. The van der Waals surface area contributed by atoms with Crippen molar-refractivity contribution in [3.05, 3.63) is 41.2 Å². The van der Waals surface area contributed by atoms with Gasteiger partial charge in [-0.15, -0.1) is 0 Å². The van der Waals surface area contributed by atoms with E-state index in [2.05, 4.69) is 11.9 Å². The SMILES string of the molecule is C=C(N)Nc1cc(Cl)ccc1C. The molecule has 64 valence electrons. The number of hydrogen-bond acceptors (Lipinski definition) is 2. The fourth-order valence-electron chi connectivity index (χ4n) is 0.902. The number of aryl methyl sites for hydroxylation is 1. The van der Waals surface area contributed by atoms with Gasteiger partial charge in [-0.3, -0.25) is 0 Å². The van der Waals surface area contributed by atoms with Crippen LogP contribution in [0, 0.1) is 6.92 Å². The molecule has 0 aliphatic heterocycles. The number of benzene rings is 1. The second kappa shape index (κ2) is 3.50. The fraction of sp³-hybridized carbons (Fsp3) is 0.111. The van der Waals surface area contributed by atoms with E-state index in [1.54, 1.807) is 0 Å².